The summed E-state index contributed by atoms with van der Waals surface area (Å²) < 4.78 is 10.9. The number of hydrogen-bond acceptors (Lipinski definition) is 4. The highest BCUT2D eigenvalue weighted by atomic mass is 35.5. The van der Waals surface area contributed by atoms with Crippen LogP contribution in [0.2, 0.25) is 5.02 Å². The highest BCUT2D eigenvalue weighted by Gasteiger charge is 2.26. The van der Waals surface area contributed by atoms with Gasteiger partial charge in [0.2, 0.25) is 5.91 Å². The molecule has 2 atom stereocenters. The van der Waals surface area contributed by atoms with E-state index in [1.807, 2.05) is 6.92 Å². The molecule has 136 valence electrons. The second-order valence-electron chi connectivity index (χ2n) is 5.79. The summed E-state index contributed by atoms with van der Waals surface area (Å²) in [5.74, 6) is 0.805. The van der Waals surface area contributed by atoms with Crippen molar-refractivity contribution in [3.05, 3.63) is 23.2 Å². The lowest BCUT2D eigenvalue weighted by molar-refractivity contribution is -0.117. The van der Waals surface area contributed by atoms with Crippen LogP contribution in [0, 0.1) is 5.92 Å². The quantitative estimate of drug-likeness (QED) is 0.679. The van der Waals surface area contributed by atoms with Crippen molar-refractivity contribution >= 4 is 35.6 Å². The van der Waals surface area contributed by atoms with Gasteiger partial charge in [0.1, 0.15) is 12.4 Å². The Hall–Kier alpha value is -1.01. The van der Waals surface area contributed by atoms with Gasteiger partial charge in [0.15, 0.2) is 0 Å². The lowest BCUT2D eigenvalue weighted by Crippen LogP contribution is -2.28. The molecule has 5 nitrogen and oxygen atoms in total. The maximum atomic E-state index is 12.3. The Kier molecular flexibility index (Phi) is 9.44. The number of hydrogen-bond donors (Lipinski definition) is 2. The normalized spacial score (nSPS) is 19.6. The molecular formula is C17H26Cl2N2O3. The Bertz CT molecular complexity index is 529. The van der Waals surface area contributed by atoms with E-state index in [0.717, 1.165) is 19.3 Å². The van der Waals surface area contributed by atoms with Crippen molar-refractivity contribution < 1.29 is 14.3 Å². The first-order valence-electron chi connectivity index (χ1n) is 8.15. The molecule has 7 heteroatoms. The average molecular weight is 377 g/mol. The Labute approximate surface area is 154 Å². The minimum atomic E-state index is -0.0516. The lowest BCUT2D eigenvalue weighted by Gasteiger charge is -2.16. The zero-order chi connectivity index (χ0) is 16.7. The fourth-order valence-corrected chi connectivity index (χ4v) is 3.01. The summed E-state index contributed by atoms with van der Waals surface area (Å²) in [7, 11) is 0. The van der Waals surface area contributed by atoms with Crippen LogP contribution in [0.5, 0.6) is 5.75 Å². The topological polar surface area (TPSA) is 73.6 Å². The van der Waals surface area contributed by atoms with Gasteiger partial charge in [-0.25, -0.2) is 0 Å². The Balaban J connectivity index is 0.00000288. The molecule has 0 unspecified atom stereocenters. The molecule has 0 aromatic heterocycles. The van der Waals surface area contributed by atoms with Crippen molar-refractivity contribution in [1.29, 1.82) is 0 Å². The summed E-state index contributed by atoms with van der Waals surface area (Å²) in [5, 5.41) is 3.45. The first-order chi connectivity index (χ1) is 11.1. The molecule has 1 aliphatic rings. The number of rotatable bonds is 8. The van der Waals surface area contributed by atoms with Crippen LogP contribution in [-0.4, -0.2) is 31.8 Å². The second kappa shape index (κ2) is 10.8. The van der Waals surface area contributed by atoms with E-state index >= 15 is 0 Å². The fourth-order valence-electron chi connectivity index (χ4n) is 2.84. The van der Waals surface area contributed by atoms with Gasteiger partial charge in [0.05, 0.1) is 12.3 Å². The first-order valence-corrected chi connectivity index (χ1v) is 8.53. The van der Waals surface area contributed by atoms with E-state index in [1.54, 1.807) is 18.2 Å². The van der Waals surface area contributed by atoms with Gasteiger partial charge in [-0.05, 0) is 43.9 Å². The molecule has 3 N–H and O–H groups in total. The van der Waals surface area contributed by atoms with E-state index in [4.69, 9.17) is 26.8 Å². The predicted octanol–water partition coefficient (Wildman–Crippen LogP) is 3.63. The zero-order valence-corrected chi connectivity index (χ0v) is 15.5. The second-order valence-corrected chi connectivity index (χ2v) is 6.23. The van der Waals surface area contributed by atoms with Gasteiger partial charge in [-0.1, -0.05) is 18.0 Å². The van der Waals surface area contributed by atoms with Crippen LogP contribution in [0.15, 0.2) is 18.2 Å². The lowest BCUT2D eigenvalue weighted by atomic mass is 10.00. The van der Waals surface area contributed by atoms with E-state index < -0.39 is 0 Å². The van der Waals surface area contributed by atoms with Crippen LogP contribution < -0.4 is 15.8 Å². The van der Waals surface area contributed by atoms with E-state index in [0.29, 0.717) is 42.7 Å². The molecule has 1 amide bonds. The molecule has 0 radical (unpaired) electrons. The summed E-state index contributed by atoms with van der Waals surface area (Å²) in [5.41, 5.74) is 6.62. The van der Waals surface area contributed by atoms with Crippen LogP contribution in [0.1, 0.15) is 32.6 Å². The van der Waals surface area contributed by atoms with Crippen molar-refractivity contribution in [2.24, 2.45) is 11.7 Å². The van der Waals surface area contributed by atoms with Gasteiger partial charge >= 0.3 is 0 Å². The molecule has 0 saturated heterocycles. The molecule has 1 fully saturated rings. The number of carbonyl (C=O) groups excluding carboxylic acids is 1. The van der Waals surface area contributed by atoms with Gasteiger partial charge < -0.3 is 20.5 Å². The molecule has 0 aliphatic heterocycles. The summed E-state index contributed by atoms with van der Waals surface area (Å²) in [6.07, 6.45) is 3.55. The van der Waals surface area contributed by atoms with Crippen molar-refractivity contribution in [3.63, 3.8) is 0 Å². The summed E-state index contributed by atoms with van der Waals surface area (Å²) in [4.78, 5) is 12.3. The molecule has 24 heavy (non-hydrogen) atoms. The standard InChI is InChI=1S/C17H25ClN2O3.ClH/c1-2-22-8-9-23-16-7-6-13(18)11-15(16)20-17(21)10-12-4-3-5-14(12)19;/h6-7,11-12,14H,2-5,8-10,19H2,1H3,(H,20,21);1H/t12-,14+;/m0./s1. The average Bonchev–Trinajstić information content (AvgIpc) is 2.90. The number of halogens is 2. The van der Waals surface area contributed by atoms with Crippen molar-refractivity contribution in [1.82, 2.24) is 0 Å². The number of benzene rings is 1. The monoisotopic (exact) mass is 376 g/mol. The van der Waals surface area contributed by atoms with E-state index in [-0.39, 0.29) is 30.3 Å². The largest absolute Gasteiger partial charge is 0.489 e. The smallest absolute Gasteiger partial charge is 0.224 e. The highest BCUT2D eigenvalue weighted by Crippen LogP contribution is 2.30. The molecular weight excluding hydrogens is 351 g/mol. The van der Waals surface area contributed by atoms with Crippen molar-refractivity contribution in [2.45, 2.75) is 38.6 Å². The summed E-state index contributed by atoms with van der Waals surface area (Å²) >= 11 is 6.03. The van der Waals surface area contributed by atoms with Gasteiger partial charge in [-0.2, -0.15) is 0 Å². The van der Waals surface area contributed by atoms with Crippen LogP contribution in [0.3, 0.4) is 0 Å². The van der Waals surface area contributed by atoms with Crippen LogP contribution in [0.4, 0.5) is 5.69 Å². The molecule has 0 heterocycles. The molecule has 0 bridgehead atoms. The maximum absolute atomic E-state index is 12.3. The van der Waals surface area contributed by atoms with Crippen molar-refractivity contribution in [2.75, 3.05) is 25.1 Å². The van der Waals surface area contributed by atoms with Crippen LogP contribution >= 0.6 is 24.0 Å². The van der Waals surface area contributed by atoms with E-state index in [9.17, 15) is 4.79 Å². The van der Waals surface area contributed by atoms with Gasteiger partial charge in [-0.3, -0.25) is 4.79 Å². The molecule has 1 aliphatic carbocycles. The van der Waals surface area contributed by atoms with Gasteiger partial charge in [0, 0.05) is 24.1 Å². The van der Waals surface area contributed by atoms with E-state index in [2.05, 4.69) is 5.32 Å². The first kappa shape index (κ1) is 21.0. The van der Waals surface area contributed by atoms with Crippen LogP contribution in [-0.2, 0) is 9.53 Å². The highest BCUT2D eigenvalue weighted by molar-refractivity contribution is 6.31. The SMILES string of the molecule is CCOCCOc1ccc(Cl)cc1NC(=O)C[C@@H]1CCC[C@H]1N.Cl. The summed E-state index contributed by atoms with van der Waals surface area (Å²) in [6.45, 7) is 3.51. The van der Waals surface area contributed by atoms with Gasteiger partial charge in [0.25, 0.3) is 0 Å². The molecule has 2 rings (SSSR count). The Morgan fingerprint density at radius 3 is 2.83 bits per heavy atom. The Morgan fingerprint density at radius 1 is 1.38 bits per heavy atom. The maximum Gasteiger partial charge on any atom is 0.224 e. The number of carbonyl (C=O) groups is 1. The molecule has 1 aromatic rings. The summed E-state index contributed by atoms with van der Waals surface area (Å²) in [6, 6.07) is 5.32. The third-order valence-electron chi connectivity index (χ3n) is 4.07. The van der Waals surface area contributed by atoms with Crippen molar-refractivity contribution in [3.8, 4) is 5.75 Å². The van der Waals surface area contributed by atoms with Gasteiger partial charge in [-0.15, -0.1) is 12.4 Å². The molecule has 1 saturated carbocycles. The minimum absolute atomic E-state index is 0. The zero-order valence-electron chi connectivity index (χ0n) is 13.9. The number of ether oxygens (including phenoxy) is 2. The molecule has 1 aromatic carbocycles. The number of anilines is 1. The number of nitrogens with one attached hydrogen (secondary N) is 1. The predicted molar refractivity (Wildman–Crippen MR) is 99.3 cm³/mol. The third kappa shape index (κ3) is 6.48. The third-order valence-corrected chi connectivity index (χ3v) is 4.31. The minimum Gasteiger partial charge on any atom is -0.489 e. The fraction of sp³-hybridized carbons (Fsp3) is 0.588. The number of nitrogens with two attached hydrogens (primary N) is 1. The van der Waals surface area contributed by atoms with E-state index in [1.165, 1.54) is 0 Å². The van der Waals surface area contributed by atoms with Crippen LogP contribution in [0.25, 0.3) is 0 Å². The molecule has 0 spiro atoms. The number of amides is 1. The Morgan fingerprint density at radius 2 is 2.17 bits per heavy atom.